The summed E-state index contributed by atoms with van der Waals surface area (Å²) in [7, 11) is 3.78. The number of benzene rings is 2. The Morgan fingerprint density at radius 3 is 2.71 bits per heavy atom. The Morgan fingerprint density at radius 1 is 1.21 bits per heavy atom. The number of fused-ring (bicyclic) bond motifs is 2. The molecular formula is C21H18N2O4S. The molecule has 4 aromatic rings. The summed E-state index contributed by atoms with van der Waals surface area (Å²) in [5.74, 6) is -0.563. The van der Waals surface area contributed by atoms with Crippen LogP contribution in [0.3, 0.4) is 0 Å². The van der Waals surface area contributed by atoms with Crippen LogP contribution in [0, 0.1) is 0 Å². The predicted molar refractivity (Wildman–Crippen MR) is 111 cm³/mol. The van der Waals surface area contributed by atoms with Crippen molar-refractivity contribution in [2.75, 3.05) is 25.6 Å². The lowest BCUT2D eigenvalue weighted by atomic mass is 10.0. The van der Waals surface area contributed by atoms with Gasteiger partial charge in [-0.05, 0) is 31.2 Å². The number of hydrogen-bond donors (Lipinski definition) is 0. The Morgan fingerprint density at radius 2 is 2.00 bits per heavy atom. The Labute approximate surface area is 165 Å². The maximum absolute atomic E-state index is 12.9. The number of carbonyl (C=O) groups is 1. The van der Waals surface area contributed by atoms with E-state index in [1.807, 2.05) is 49.3 Å². The molecule has 2 aromatic heterocycles. The molecule has 0 N–H and O–H groups in total. The summed E-state index contributed by atoms with van der Waals surface area (Å²) in [6, 6.07) is 13.0. The first-order valence-corrected chi connectivity index (χ1v) is 9.62. The van der Waals surface area contributed by atoms with E-state index in [4.69, 9.17) is 9.15 Å². The monoisotopic (exact) mass is 394 g/mol. The number of nitrogens with zero attached hydrogens (tertiary/aromatic N) is 2. The summed E-state index contributed by atoms with van der Waals surface area (Å²) < 4.78 is 11.8. The van der Waals surface area contributed by atoms with Crippen LogP contribution in [-0.4, -0.2) is 31.7 Å². The molecule has 0 aliphatic rings. The number of rotatable bonds is 4. The molecule has 0 bridgehead atoms. The third-order valence-electron chi connectivity index (χ3n) is 4.40. The molecule has 142 valence electrons. The second-order valence-electron chi connectivity index (χ2n) is 6.42. The molecule has 2 aromatic carbocycles. The number of ether oxygens (including phenoxy) is 1. The minimum absolute atomic E-state index is 0.143. The number of anilines is 1. The highest BCUT2D eigenvalue weighted by Gasteiger charge is 2.25. The van der Waals surface area contributed by atoms with Gasteiger partial charge in [0.2, 0.25) is 0 Å². The van der Waals surface area contributed by atoms with E-state index >= 15 is 0 Å². The van der Waals surface area contributed by atoms with Crippen molar-refractivity contribution in [2.24, 2.45) is 0 Å². The van der Waals surface area contributed by atoms with Crippen LogP contribution in [-0.2, 0) is 4.74 Å². The number of para-hydroxylation sites is 1. The summed E-state index contributed by atoms with van der Waals surface area (Å²) in [5, 5.41) is 0.967. The lowest BCUT2D eigenvalue weighted by Crippen LogP contribution is -2.15. The van der Waals surface area contributed by atoms with E-state index in [0.29, 0.717) is 16.0 Å². The molecule has 2 heterocycles. The number of thiazole rings is 1. The van der Waals surface area contributed by atoms with Gasteiger partial charge in [-0.2, -0.15) is 0 Å². The summed E-state index contributed by atoms with van der Waals surface area (Å²) in [4.78, 5) is 32.1. The van der Waals surface area contributed by atoms with Crippen LogP contribution < -0.4 is 10.5 Å². The highest BCUT2D eigenvalue weighted by Crippen LogP contribution is 2.34. The summed E-state index contributed by atoms with van der Waals surface area (Å²) in [6.07, 6.45) is 0. The van der Waals surface area contributed by atoms with E-state index < -0.39 is 11.6 Å². The van der Waals surface area contributed by atoms with Gasteiger partial charge in [0.1, 0.15) is 16.2 Å². The van der Waals surface area contributed by atoms with Crippen LogP contribution in [0.25, 0.3) is 31.8 Å². The Kier molecular flexibility index (Phi) is 4.60. The van der Waals surface area contributed by atoms with Crippen LogP contribution in [0.5, 0.6) is 0 Å². The molecule has 0 amide bonds. The van der Waals surface area contributed by atoms with Gasteiger partial charge in [-0.25, -0.2) is 14.6 Å². The molecule has 0 fully saturated rings. The van der Waals surface area contributed by atoms with Crippen molar-refractivity contribution in [3.63, 3.8) is 0 Å². The molecule has 7 heteroatoms. The number of esters is 1. The van der Waals surface area contributed by atoms with Gasteiger partial charge in [0.25, 0.3) is 0 Å². The fourth-order valence-corrected chi connectivity index (χ4v) is 4.06. The average molecular weight is 394 g/mol. The normalized spacial score (nSPS) is 11.1. The van der Waals surface area contributed by atoms with Gasteiger partial charge in [-0.15, -0.1) is 11.3 Å². The molecule has 0 aliphatic heterocycles. The summed E-state index contributed by atoms with van der Waals surface area (Å²) >= 11 is 1.34. The Balaban J connectivity index is 2.05. The van der Waals surface area contributed by atoms with Gasteiger partial charge in [-0.3, -0.25) is 0 Å². The fraction of sp³-hybridized carbons (Fsp3) is 0.190. The van der Waals surface area contributed by atoms with Crippen LogP contribution in [0.2, 0.25) is 0 Å². The maximum atomic E-state index is 12.9. The standard InChI is InChI=1S/C21H18N2O4S/c1-4-26-20(24)17-13-10-9-12(23(2)3)11-15(13)27-21(25)18(17)19-22-14-7-5-6-8-16(14)28-19/h5-11H,4H2,1-3H3. The van der Waals surface area contributed by atoms with E-state index in [-0.39, 0.29) is 17.7 Å². The Bertz CT molecular complexity index is 1220. The largest absolute Gasteiger partial charge is 0.462 e. The summed E-state index contributed by atoms with van der Waals surface area (Å²) in [6.45, 7) is 1.93. The zero-order valence-corrected chi connectivity index (χ0v) is 16.5. The van der Waals surface area contributed by atoms with E-state index in [2.05, 4.69) is 4.98 Å². The molecule has 0 atom stereocenters. The van der Waals surface area contributed by atoms with Gasteiger partial charge in [-0.1, -0.05) is 12.1 Å². The quantitative estimate of drug-likeness (QED) is 0.379. The van der Waals surface area contributed by atoms with Gasteiger partial charge in [0.05, 0.1) is 22.4 Å². The second-order valence-corrected chi connectivity index (χ2v) is 7.45. The molecule has 0 aliphatic carbocycles. The lowest BCUT2D eigenvalue weighted by molar-refractivity contribution is 0.0529. The van der Waals surface area contributed by atoms with Crippen molar-refractivity contribution in [3.05, 3.63) is 58.4 Å². The summed E-state index contributed by atoms with van der Waals surface area (Å²) in [5.41, 5.74) is 1.69. The first-order valence-electron chi connectivity index (χ1n) is 8.81. The van der Waals surface area contributed by atoms with Gasteiger partial charge < -0.3 is 14.1 Å². The molecular weight excluding hydrogens is 376 g/mol. The minimum atomic E-state index is -0.606. The zero-order chi connectivity index (χ0) is 19.8. The van der Waals surface area contributed by atoms with E-state index in [1.165, 1.54) is 11.3 Å². The zero-order valence-electron chi connectivity index (χ0n) is 15.7. The van der Waals surface area contributed by atoms with Crippen molar-refractivity contribution >= 4 is 44.2 Å². The molecule has 0 saturated heterocycles. The van der Waals surface area contributed by atoms with Crippen molar-refractivity contribution in [1.29, 1.82) is 0 Å². The van der Waals surface area contributed by atoms with Gasteiger partial charge in [0, 0.05) is 31.2 Å². The first-order chi connectivity index (χ1) is 13.5. The molecule has 6 nitrogen and oxygen atoms in total. The average Bonchev–Trinajstić information content (AvgIpc) is 3.10. The highest BCUT2D eigenvalue weighted by atomic mass is 32.1. The molecule has 0 saturated carbocycles. The van der Waals surface area contributed by atoms with E-state index in [9.17, 15) is 9.59 Å². The number of carbonyl (C=O) groups excluding carboxylic acids is 1. The predicted octanol–water partition coefficient (Wildman–Crippen LogP) is 4.31. The van der Waals surface area contributed by atoms with Gasteiger partial charge >= 0.3 is 11.6 Å². The first kappa shape index (κ1) is 18.2. The van der Waals surface area contributed by atoms with Crippen molar-refractivity contribution < 1.29 is 13.9 Å². The lowest BCUT2D eigenvalue weighted by Gasteiger charge is -2.14. The van der Waals surface area contributed by atoms with E-state index in [0.717, 1.165) is 15.9 Å². The van der Waals surface area contributed by atoms with E-state index in [1.54, 1.807) is 19.1 Å². The number of aromatic nitrogens is 1. The second kappa shape index (κ2) is 7.09. The van der Waals surface area contributed by atoms with Crippen LogP contribution in [0.15, 0.2) is 51.7 Å². The van der Waals surface area contributed by atoms with Crippen molar-refractivity contribution in [3.8, 4) is 10.6 Å². The smallest absolute Gasteiger partial charge is 0.347 e. The van der Waals surface area contributed by atoms with Crippen LogP contribution in [0.4, 0.5) is 5.69 Å². The molecule has 0 spiro atoms. The molecule has 0 unspecified atom stereocenters. The number of hydrogen-bond acceptors (Lipinski definition) is 7. The SMILES string of the molecule is CCOC(=O)c1c(-c2nc3ccccc3s2)c(=O)oc2cc(N(C)C)ccc12. The third kappa shape index (κ3) is 3.03. The third-order valence-corrected chi connectivity index (χ3v) is 5.45. The maximum Gasteiger partial charge on any atom is 0.347 e. The fourth-order valence-electron chi connectivity index (χ4n) is 3.06. The highest BCUT2D eigenvalue weighted by molar-refractivity contribution is 7.21. The molecule has 28 heavy (non-hydrogen) atoms. The van der Waals surface area contributed by atoms with Gasteiger partial charge in [0.15, 0.2) is 0 Å². The topological polar surface area (TPSA) is 72.6 Å². The van der Waals surface area contributed by atoms with Crippen molar-refractivity contribution in [1.82, 2.24) is 4.98 Å². The molecule has 0 radical (unpaired) electrons. The minimum Gasteiger partial charge on any atom is -0.462 e. The van der Waals surface area contributed by atoms with Crippen molar-refractivity contribution in [2.45, 2.75) is 6.92 Å². The van der Waals surface area contributed by atoms with Crippen LogP contribution in [0.1, 0.15) is 17.3 Å². The Hall–Kier alpha value is -3.19. The van der Waals surface area contributed by atoms with Crippen LogP contribution >= 0.6 is 11.3 Å². The molecule has 4 rings (SSSR count).